The van der Waals surface area contributed by atoms with Gasteiger partial charge in [-0.3, -0.25) is 19.9 Å². The first-order valence-corrected chi connectivity index (χ1v) is 36.6. The number of aromatic nitrogens is 4. The van der Waals surface area contributed by atoms with Gasteiger partial charge in [0.05, 0.1) is 22.8 Å². The number of nitrogen functional groups attached to an aromatic ring is 1. The summed E-state index contributed by atoms with van der Waals surface area (Å²) in [4.78, 5) is 17.4. The Morgan fingerprint density at radius 2 is 0.772 bits per heavy atom. The van der Waals surface area contributed by atoms with Crippen molar-refractivity contribution in [3.63, 3.8) is 0 Å². The fraction of sp³-hybridized carbons (Fsp3) is 0.0222. The molecule has 0 unspecified atom stereocenters. The molecular weight excluding hydrogens is 1450 g/mol. The zero-order valence-electron chi connectivity index (χ0n) is 30.2. The molecular formula is C45H37BrI6N5-. The Hall–Kier alpha value is -1.86. The number of halogens is 7. The van der Waals surface area contributed by atoms with E-state index in [1.165, 1.54) is 11.1 Å². The van der Waals surface area contributed by atoms with E-state index in [0.717, 1.165) is 61.6 Å². The van der Waals surface area contributed by atoms with Crippen molar-refractivity contribution in [2.45, 2.75) is 6.42 Å². The molecule has 12 heteroatoms. The van der Waals surface area contributed by atoms with Crippen LogP contribution in [0.1, 0.15) is 11.1 Å². The van der Waals surface area contributed by atoms with Crippen LogP contribution in [0.5, 0.6) is 0 Å². The third-order valence-electron chi connectivity index (χ3n) is 7.82. The van der Waals surface area contributed by atoms with E-state index in [-0.39, 0.29) is 24.0 Å². The molecule has 0 aliphatic heterocycles. The van der Waals surface area contributed by atoms with Gasteiger partial charge >= 0.3 is 50.5 Å². The maximum Gasteiger partial charge on any atom is 0.0702 e. The van der Waals surface area contributed by atoms with Gasteiger partial charge < -0.3 is 5.73 Å². The minimum Gasteiger partial charge on any atom is -0.399 e. The van der Waals surface area contributed by atoms with Crippen LogP contribution in [0.15, 0.2) is 199 Å². The summed E-state index contributed by atoms with van der Waals surface area (Å²) in [7, 11) is 0. The SMILES string of the molecule is Brc1cccc(-c2ccccn2)c1.I.II.I[I-]I.Nc1cccc(-c2ccccn2)c1.c1ccc(-c2cccc(Cc3cccc(-c4ccccn4)c3)c2)nc1. The average molecular weight is 1490 g/mol. The summed E-state index contributed by atoms with van der Waals surface area (Å²) in [5, 5.41) is 0. The molecule has 4 aromatic carbocycles. The van der Waals surface area contributed by atoms with Crippen molar-refractivity contribution < 1.29 is 13.3 Å². The van der Waals surface area contributed by atoms with Gasteiger partial charge in [0.1, 0.15) is 0 Å². The zero-order chi connectivity index (χ0) is 39.8. The van der Waals surface area contributed by atoms with Crippen LogP contribution in [0, 0.1) is 0 Å². The molecule has 8 aromatic rings. The Morgan fingerprint density at radius 1 is 0.439 bits per heavy atom. The standard InChI is InChI=1S/C23H18N2.C11H8BrN.C11H10N2.I3.I2.HI/c1-3-13-24-22(11-1)20-9-5-7-18(16-20)15-19-8-6-10-21(17-19)23-12-2-4-14-25-23;2*12-10-5-3-4-9(8-10)11-6-1-2-7-13-11;1-3-2;1-2;/h1-14,16-17H,15H2;1-8H;1-8H,12H2;;;1H/q;;;-1;;. The van der Waals surface area contributed by atoms with E-state index in [1.54, 1.807) is 12.4 Å². The Morgan fingerprint density at radius 3 is 1.11 bits per heavy atom. The predicted molar refractivity (Wildman–Crippen MR) is 285 cm³/mol. The van der Waals surface area contributed by atoms with Gasteiger partial charge in [0, 0.05) is 94.4 Å². The maximum absolute atomic E-state index is 5.67. The van der Waals surface area contributed by atoms with Crippen molar-refractivity contribution in [2.24, 2.45) is 0 Å². The van der Waals surface area contributed by atoms with Gasteiger partial charge in [0.25, 0.3) is 0 Å². The van der Waals surface area contributed by atoms with E-state index in [1.807, 2.05) is 128 Å². The number of nitrogens with two attached hydrogens (primary N) is 1. The molecule has 0 aliphatic rings. The van der Waals surface area contributed by atoms with Crippen molar-refractivity contribution in [1.82, 2.24) is 19.9 Å². The summed E-state index contributed by atoms with van der Waals surface area (Å²) in [5.74, 6) is 0. The van der Waals surface area contributed by atoms with Crippen LogP contribution in [-0.2, 0) is 6.42 Å². The zero-order valence-corrected chi connectivity index (χ0v) is 44.9. The molecule has 292 valence electrons. The van der Waals surface area contributed by atoms with E-state index in [0.29, 0.717) is 13.3 Å². The van der Waals surface area contributed by atoms with Crippen molar-refractivity contribution in [3.05, 3.63) is 210 Å². The Balaban J connectivity index is 0.000000231. The van der Waals surface area contributed by atoms with E-state index >= 15 is 0 Å². The summed E-state index contributed by atoms with van der Waals surface area (Å²) in [6.07, 6.45) is 8.13. The quantitative estimate of drug-likeness (QED) is 0.133. The van der Waals surface area contributed by atoms with Gasteiger partial charge in [-0.05, 0) is 102 Å². The number of anilines is 1. The summed E-state index contributed by atoms with van der Waals surface area (Å²) in [5.41, 5.74) is 17.5. The summed E-state index contributed by atoms with van der Waals surface area (Å²) in [6.45, 7) is 0. The monoisotopic (exact) mass is 1490 g/mol. The largest absolute Gasteiger partial charge is 0.399 e. The van der Waals surface area contributed by atoms with Crippen LogP contribution in [0.2, 0.25) is 0 Å². The van der Waals surface area contributed by atoms with Crippen LogP contribution in [0.25, 0.3) is 45.0 Å². The molecule has 0 saturated carbocycles. The molecule has 5 nitrogen and oxygen atoms in total. The minimum atomic E-state index is 0. The summed E-state index contributed by atoms with van der Waals surface area (Å²) < 4.78 is 1.08. The Labute approximate surface area is 414 Å². The second kappa shape index (κ2) is 29.4. The third-order valence-corrected chi connectivity index (χ3v) is 8.31. The predicted octanol–water partition coefficient (Wildman–Crippen LogP) is 12.4. The molecule has 0 saturated heterocycles. The van der Waals surface area contributed by atoms with Gasteiger partial charge in [-0.2, -0.15) is 0 Å². The second-order valence-electron chi connectivity index (χ2n) is 11.6. The first kappa shape index (κ1) is 49.5. The van der Waals surface area contributed by atoms with Crippen molar-refractivity contribution in [1.29, 1.82) is 0 Å². The molecule has 0 fully saturated rings. The first-order chi connectivity index (χ1) is 27.5. The molecule has 57 heavy (non-hydrogen) atoms. The molecule has 0 amide bonds. The van der Waals surface area contributed by atoms with Gasteiger partial charge in [0.2, 0.25) is 0 Å². The molecule has 4 heterocycles. The van der Waals surface area contributed by atoms with Crippen molar-refractivity contribution in [3.8, 4) is 45.0 Å². The van der Waals surface area contributed by atoms with E-state index in [9.17, 15) is 0 Å². The molecule has 0 bridgehead atoms. The normalized spacial score (nSPS) is 9.63. The van der Waals surface area contributed by atoms with Crippen LogP contribution < -0.4 is 19.0 Å². The van der Waals surface area contributed by atoms with Gasteiger partial charge in [-0.15, -0.1) is 24.0 Å². The molecule has 4 aromatic heterocycles. The number of hydrogen-bond donors (Lipinski definition) is 1. The van der Waals surface area contributed by atoms with Crippen LogP contribution in [0.4, 0.5) is 5.69 Å². The number of hydrogen-bond acceptors (Lipinski definition) is 5. The summed E-state index contributed by atoms with van der Waals surface area (Å²) >= 11 is 13.0. The summed E-state index contributed by atoms with van der Waals surface area (Å²) in [6, 6.07) is 56.8. The number of rotatable bonds is 6. The van der Waals surface area contributed by atoms with Crippen LogP contribution in [-0.4, -0.2) is 19.9 Å². The molecule has 0 radical (unpaired) electrons. The van der Waals surface area contributed by atoms with Crippen LogP contribution in [0.3, 0.4) is 0 Å². The smallest absolute Gasteiger partial charge is 0.0702 e. The van der Waals surface area contributed by atoms with E-state index < -0.39 is 0 Å². The minimum absolute atomic E-state index is 0. The third kappa shape index (κ3) is 18.1. The number of nitrogens with zero attached hydrogens (tertiary/aromatic N) is 4. The first-order valence-electron chi connectivity index (χ1n) is 17.0. The molecule has 8 rings (SSSR count). The molecule has 2 N–H and O–H groups in total. The fourth-order valence-corrected chi connectivity index (χ4v) is 5.80. The van der Waals surface area contributed by atoms with Gasteiger partial charge in [-0.25, -0.2) is 0 Å². The molecule has 0 spiro atoms. The Kier molecular flexibility index (Phi) is 25.5. The maximum atomic E-state index is 5.67. The molecule has 0 aliphatic carbocycles. The average Bonchev–Trinajstić information content (AvgIpc) is 3.27. The van der Waals surface area contributed by atoms with Crippen molar-refractivity contribution >= 4 is 120 Å². The topological polar surface area (TPSA) is 77.6 Å². The van der Waals surface area contributed by atoms with Crippen LogP contribution >= 0.6 is 114 Å². The van der Waals surface area contributed by atoms with Gasteiger partial charge in [0.15, 0.2) is 0 Å². The van der Waals surface area contributed by atoms with E-state index in [2.05, 4.69) is 165 Å². The van der Waals surface area contributed by atoms with E-state index in [4.69, 9.17) is 5.73 Å². The number of pyridine rings is 4. The second-order valence-corrected chi connectivity index (χ2v) is 28.8. The fourth-order valence-electron chi connectivity index (χ4n) is 5.40. The molecule has 0 atom stereocenters. The van der Waals surface area contributed by atoms with Gasteiger partial charge in [-0.1, -0.05) is 101 Å². The van der Waals surface area contributed by atoms with Crippen molar-refractivity contribution in [2.75, 3.05) is 5.73 Å². The number of benzene rings is 4. The Bertz CT molecular complexity index is 2130.